The Balaban J connectivity index is 2.66. The Labute approximate surface area is 148 Å². The lowest BCUT2D eigenvalue weighted by atomic mass is 10.3. The largest absolute Gasteiger partial charge is 0.408 e. The van der Waals surface area contributed by atoms with Crippen LogP contribution in [0.3, 0.4) is 0 Å². The van der Waals surface area contributed by atoms with Crippen molar-refractivity contribution in [2.24, 2.45) is 0 Å². The maximum Gasteiger partial charge on any atom is 0.408 e. The van der Waals surface area contributed by atoms with Crippen LogP contribution in [0.2, 0.25) is 5.15 Å². The van der Waals surface area contributed by atoms with E-state index in [2.05, 4.69) is 25.3 Å². The van der Waals surface area contributed by atoms with E-state index >= 15 is 0 Å². The van der Waals surface area contributed by atoms with Crippen molar-refractivity contribution in [1.82, 2.24) is 19.9 Å². The quantitative estimate of drug-likeness (QED) is 0.785. The number of nitrogens with zero attached hydrogens (tertiary/aromatic N) is 4. The molecule has 0 aliphatic carbocycles. The molecule has 1 atom stereocenters. The van der Waals surface area contributed by atoms with Gasteiger partial charge >= 0.3 is 6.18 Å². The van der Waals surface area contributed by atoms with Crippen LogP contribution in [0.4, 0.5) is 25.1 Å². The molecule has 2 rings (SSSR count). The van der Waals surface area contributed by atoms with E-state index in [1.54, 1.807) is 0 Å². The summed E-state index contributed by atoms with van der Waals surface area (Å²) in [4.78, 5) is 15.2. The van der Waals surface area contributed by atoms with Crippen LogP contribution in [0, 0.1) is 0 Å². The highest BCUT2D eigenvalue weighted by atomic mass is 35.5. The summed E-state index contributed by atoms with van der Waals surface area (Å²) < 4.78 is 77.7. The molecule has 0 aliphatic rings. The van der Waals surface area contributed by atoms with Gasteiger partial charge < -0.3 is 10.6 Å². The highest BCUT2D eigenvalue weighted by Gasteiger charge is 2.36. The average Bonchev–Trinajstić information content (AvgIpc) is 2.52. The number of hydrogen-bond acceptors (Lipinski definition) is 6. The third-order valence-corrected chi connectivity index (χ3v) is 2.67. The minimum Gasteiger partial charge on any atom is -0.352 e. The van der Waals surface area contributed by atoms with Gasteiger partial charge in [0.15, 0.2) is 5.82 Å². The van der Waals surface area contributed by atoms with Crippen LogP contribution in [0.1, 0.15) is 27.6 Å². The molecule has 0 aliphatic heterocycles. The van der Waals surface area contributed by atoms with Crippen LogP contribution in [0.5, 0.6) is 0 Å². The Hall–Kier alpha value is -2.16. The van der Waals surface area contributed by atoms with Crippen molar-refractivity contribution in [1.29, 1.82) is 0 Å². The van der Waals surface area contributed by atoms with E-state index < -0.39 is 53.3 Å². The van der Waals surface area contributed by atoms with Crippen LogP contribution < -0.4 is 10.6 Å². The predicted molar refractivity (Wildman–Crippen MR) is 86.0 cm³/mol. The first-order valence-corrected chi connectivity index (χ1v) is 6.92. The molecule has 0 saturated carbocycles. The van der Waals surface area contributed by atoms with Crippen molar-refractivity contribution in [2.75, 3.05) is 10.6 Å². The second-order valence-corrected chi connectivity index (χ2v) is 5.16. The number of halogens is 4. The molecule has 0 fully saturated rings. The van der Waals surface area contributed by atoms with Crippen LogP contribution in [-0.4, -0.2) is 38.1 Å². The fourth-order valence-corrected chi connectivity index (χ4v) is 1.59. The Morgan fingerprint density at radius 3 is 2.29 bits per heavy atom. The Kier molecular flexibility index (Phi) is 3.65. The lowest BCUT2D eigenvalue weighted by Crippen LogP contribution is -2.34. The minimum absolute atomic E-state index is 0.325. The first-order valence-electron chi connectivity index (χ1n) is 9.04. The van der Waals surface area contributed by atoms with E-state index in [0.717, 1.165) is 0 Å². The molecule has 6 nitrogen and oxygen atoms in total. The molecule has 0 unspecified atom stereocenters. The van der Waals surface area contributed by atoms with Crippen LogP contribution >= 0.6 is 11.6 Å². The predicted octanol–water partition coefficient (Wildman–Crippen LogP) is 3.77. The molecular weight excluding hydrogens is 345 g/mol. The fraction of sp³-hybridized carbons (Fsp3) is 0.429. The monoisotopic (exact) mass is 365 g/mol. The van der Waals surface area contributed by atoms with E-state index in [1.165, 1.54) is 13.8 Å². The molecule has 0 bridgehead atoms. The van der Waals surface area contributed by atoms with E-state index in [-0.39, 0.29) is 11.6 Å². The van der Waals surface area contributed by atoms with Gasteiger partial charge in [0.25, 0.3) is 0 Å². The zero-order valence-corrected chi connectivity index (χ0v) is 13.6. The second-order valence-electron chi connectivity index (χ2n) is 4.81. The molecule has 0 radical (unpaired) electrons. The second kappa shape index (κ2) is 7.16. The molecule has 24 heavy (non-hydrogen) atoms. The van der Waals surface area contributed by atoms with Crippen molar-refractivity contribution in [3.8, 4) is 11.5 Å². The van der Waals surface area contributed by atoms with Crippen LogP contribution in [0.15, 0.2) is 18.1 Å². The van der Waals surface area contributed by atoms with E-state index in [9.17, 15) is 13.2 Å². The lowest BCUT2D eigenvalue weighted by molar-refractivity contribution is -0.138. The van der Waals surface area contributed by atoms with E-state index in [4.69, 9.17) is 18.5 Å². The summed E-state index contributed by atoms with van der Waals surface area (Å²) in [5.41, 5.74) is -0.369. The highest BCUT2D eigenvalue weighted by molar-refractivity contribution is 6.29. The maximum atomic E-state index is 13.1. The molecule has 2 heterocycles. The van der Waals surface area contributed by atoms with Crippen molar-refractivity contribution in [3.63, 3.8) is 0 Å². The van der Waals surface area contributed by atoms with Gasteiger partial charge in [-0.15, -0.1) is 0 Å². The van der Waals surface area contributed by atoms with Gasteiger partial charge in [-0.2, -0.15) is 28.1 Å². The van der Waals surface area contributed by atoms with Crippen molar-refractivity contribution >= 4 is 23.5 Å². The van der Waals surface area contributed by atoms with Gasteiger partial charge in [-0.05, 0) is 32.9 Å². The highest BCUT2D eigenvalue weighted by Crippen LogP contribution is 2.24. The smallest absolute Gasteiger partial charge is 0.352 e. The summed E-state index contributed by atoms with van der Waals surface area (Å²) in [7, 11) is 0. The molecule has 0 saturated heterocycles. The Morgan fingerprint density at radius 1 is 1.08 bits per heavy atom. The molecule has 10 heteroatoms. The molecule has 2 aromatic heterocycles. The van der Waals surface area contributed by atoms with Gasteiger partial charge in [0.2, 0.25) is 11.9 Å². The molecular formula is C14H16ClF3N6. The lowest BCUT2D eigenvalue weighted by Gasteiger charge is -2.18. The average molecular weight is 366 g/mol. The number of hydrogen-bond donors (Lipinski definition) is 2. The number of anilines is 2. The number of aromatic nitrogens is 4. The molecule has 0 aromatic carbocycles. The number of rotatable bonds is 5. The van der Waals surface area contributed by atoms with Gasteiger partial charge in [-0.1, -0.05) is 17.6 Å². The van der Waals surface area contributed by atoms with E-state index in [1.807, 2.05) is 5.32 Å². The molecule has 0 amide bonds. The van der Waals surface area contributed by atoms with Gasteiger partial charge in [-0.25, -0.2) is 4.98 Å². The van der Waals surface area contributed by atoms with Crippen molar-refractivity contribution < 1.29 is 20.0 Å². The summed E-state index contributed by atoms with van der Waals surface area (Å²) in [6.07, 6.45) is -4.97. The summed E-state index contributed by atoms with van der Waals surface area (Å²) in [6.45, 7) is 3.41. The van der Waals surface area contributed by atoms with E-state index in [0.29, 0.717) is 6.92 Å². The van der Waals surface area contributed by atoms with Gasteiger partial charge in [0.05, 0.1) is 6.85 Å². The number of nitrogens with one attached hydrogen (secondary N) is 2. The normalized spacial score (nSPS) is 17.7. The van der Waals surface area contributed by atoms with Crippen LogP contribution in [-0.2, 0) is 0 Å². The third kappa shape index (κ3) is 4.92. The van der Waals surface area contributed by atoms with Gasteiger partial charge in [-0.3, -0.25) is 0 Å². The molecule has 130 valence electrons. The first kappa shape index (κ1) is 12.2. The van der Waals surface area contributed by atoms with Crippen LogP contribution in [0.25, 0.3) is 11.5 Å². The summed E-state index contributed by atoms with van der Waals surface area (Å²) in [6, 6.07) is -6.14. The van der Waals surface area contributed by atoms with Gasteiger partial charge in [0.1, 0.15) is 16.9 Å². The first-order chi connectivity index (χ1) is 13.0. The Bertz CT molecular complexity index is 935. The Morgan fingerprint density at radius 2 is 1.71 bits per heavy atom. The summed E-state index contributed by atoms with van der Waals surface area (Å²) in [5, 5.41) is 3.94. The number of pyridine rings is 1. The topological polar surface area (TPSA) is 75.6 Å². The maximum absolute atomic E-state index is 13.1. The van der Waals surface area contributed by atoms with Crippen molar-refractivity contribution in [3.05, 3.63) is 23.3 Å². The zero-order valence-electron chi connectivity index (χ0n) is 17.8. The van der Waals surface area contributed by atoms with Gasteiger partial charge in [0, 0.05) is 6.02 Å². The molecule has 2 N–H and O–H groups in total. The number of alkyl halides is 3. The summed E-state index contributed by atoms with van der Waals surface area (Å²) in [5.74, 6) is -1.42. The van der Waals surface area contributed by atoms with Crippen molar-refractivity contribution in [2.45, 2.75) is 39.0 Å². The molecule has 2 aromatic rings. The molecule has 0 spiro atoms. The third-order valence-electron chi connectivity index (χ3n) is 2.49. The summed E-state index contributed by atoms with van der Waals surface area (Å²) >= 11 is 5.78. The fourth-order valence-electron chi connectivity index (χ4n) is 1.46. The zero-order chi connectivity index (χ0) is 22.4. The minimum atomic E-state index is -4.97. The standard InChI is InChI=1S/C14H16ClF3N6/c1-7(2)19-12-22-11(9-5-4-6-10(15)21-9)23-13(24-12)20-8(3)14(16,17)18/h4-8H,1-3H3,(H2,19,20,22,23,24)/t8-/m1/s1/i4D,5D,6D,7D,8D. The SMILES string of the molecule is [2H]c1c(Cl)nc(-c2nc(NC([2H])(C)C)nc(N[C@]([2H])(C)C(F)(F)F)n2)c([2H])c1[2H].